The van der Waals surface area contributed by atoms with E-state index in [2.05, 4.69) is 40.3 Å². The summed E-state index contributed by atoms with van der Waals surface area (Å²) in [6.45, 7) is 8.60. The number of methoxy groups -OCH3 is 1. The highest BCUT2D eigenvalue weighted by Gasteiger charge is 2.24. The summed E-state index contributed by atoms with van der Waals surface area (Å²) in [6.07, 6.45) is 7.62. The zero-order valence-corrected chi connectivity index (χ0v) is 17.9. The Kier molecular flexibility index (Phi) is 8.94. The average molecular weight is 393 g/mol. The molecule has 1 aromatic rings. The number of nitrogens with zero attached hydrogens (tertiary/aromatic N) is 2. The number of likely N-dealkylation sites (tertiary alicyclic amines) is 1. The van der Waals surface area contributed by atoms with Crippen LogP contribution in [0.25, 0.3) is 0 Å². The van der Waals surface area contributed by atoms with Crippen LogP contribution in [0.15, 0.2) is 29.2 Å². The number of ether oxygens (including phenoxy) is 2. The largest absolute Gasteiger partial charge is 0.383 e. The molecule has 1 aromatic carbocycles. The van der Waals surface area contributed by atoms with Crippen LogP contribution >= 0.6 is 11.8 Å². The molecule has 0 N–H and O–H groups in total. The van der Waals surface area contributed by atoms with E-state index in [9.17, 15) is 0 Å². The van der Waals surface area contributed by atoms with Gasteiger partial charge in [0.2, 0.25) is 0 Å². The number of benzene rings is 1. The van der Waals surface area contributed by atoms with Crippen LogP contribution in [0.1, 0.15) is 31.2 Å². The van der Waals surface area contributed by atoms with Crippen molar-refractivity contribution in [1.82, 2.24) is 9.80 Å². The third-order valence-corrected chi connectivity index (χ3v) is 6.59. The Morgan fingerprint density at radius 1 is 1.22 bits per heavy atom. The maximum Gasteiger partial charge on any atom is 0.0702 e. The lowest BCUT2D eigenvalue weighted by atomic mass is 9.95. The first kappa shape index (κ1) is 21.1. The Morgan fingerprint density at radius 2 is 2.07 bits per heavy atom. The summed E-state index contributed by atoms with van der Waals surface area (Å²) < 4.78 is 11.2. The van der Waals surface area contributed by atoms with Crippen molar-refractivity contribution in [2.45, 2.75) is 43.2 Å². The molecule has 2 aliphatic rings. The third kappa shape index (κ3) is 7.06. The van der Waals surface area contributed by atoms with E-state index in [4.69, 9.17) is 9.47 Å². The number of rotatable bonds is 10. The highest BCUT2D eigenvalue weighted by atomic mass is 32.2. The van der Waals surface area contributed by atoms with Crippen LogP contribution < -0.4 is 0 Å². The van der Waals surface area contributed by atoms with Crippen LogP contribution in [0.4, 0.5) is 0 Å². The molecule has 0 unspecified atom stereocenters. The molecule has 3 rings (SSSR count). The van der Waals surface area contributed by atoms with Crippen LogP contribution in [0, 0.1) is 5.92 Å². The molecule has 0 amide bonds. The van der Waals surface area contributed by atoms with Gasteiger partial charge in [0, 0.05) is 44.8 Å². The summed E-state index contributed by atoms with van der Waals surface area (Å²) in [7, 11) is 1.79. The minimum atomic E-state index is 0.426. The first-order valence-corrected chi connectivity index (χ1v) is 11.7. The molecule has 0 aromatic heterocycles. The highest BCUT2D eigenvalue weighted by Crippen LogP contribution is 2.23. The third-order valence-electron chi connectivity index (χ3n) is 5.86. The Hall–Kier alpha value is -0.590. The predicted octanol–water partition coefficient (Wildman–Crippen LogP) is 3.75. The van der Waals surface area contributed by atoms with Crippen LogP contribution in [0.3, 0.4) is 0 Å². The van der Waals surface area contributed by atoms with Crippen LogP contribution in [0.5, 0.6) is 0 Å². The first-order valence-electron chi connectivity index (χ1n) is 10.4. The fourth-order valence-electron chi connectivity index (χ4n) is 4.29. The number of hydrogen-bond donors (Lipinski definition) is 0. The number of piperidine rings is 1. The topological polar surface area (TPSA) is 24.9 Å². The molecule has 5 heteroatoms. The lowest BCUT2D eigenvalue weighted by molar-refractivity contribution is 0.0551. The molecular formula is C22H36N2O2S. The zero-order valence-electron chi connectivity index (χ0n) is 17.1. The second-order valence-electron chi connectivity index (χ2n) is 7.96. The molecule has 0 bridgehead atoms. The minimum Gasteiger partial charge on any atom is -0.383 e. The second kappa shape index (κ2) is 11.4. The molecule has 0 saturated carbocycles. The summed E-state index contributed by atoms with van der Waals surface area (Å²) in [5.74, 6) is 0.800. The van der Waals surface area contributed by atoms with Gasteiger partial charge >= 0.3 is 0 Å². The maximum absolute atomic E-state index is 5.95. The van der Waals surface area contributed by atoms with Crippen molar-refractivity contribution >= 4 is 11.8 Å². The Bertz CT molecular complexity index is 543. The summed E-state index contributed by atoms with van der Waals surface area (Å²) in [5.41, 5.74) is 1.43. The van der Waals surface area contributed by atoms with Gasteiger partial charge in [-0.05, 0) is 68.6 Å². The molecule has 0 aliphatic carbocycles. The first-order chi connectivity index (χ1) is 13.3. The second-order valence-corrected chi connectivity index (χ2v) is 8.84. The lowest BCUT2D eigenvalue weighted by Gasteiger charge is -2.35. The van der Waals surface area contributed by atoms with Gasteiger partial charge < -0.3 is 14.4 Å². The van der Waals surface area contributed by atoms with Crippen LogP contribution in [-0.4, -0.2) is 75.2 Å². The molecular weight excluding hydrogens is 356 g/mol. The van der Waals surface area contributed by atoms with Gasteiger partial charge in [0.15, 0.2) is 0 Å². The van der Waals surface area contributed by atoms with E-state index in [-0.39, 0.29) is 0 Å². The van der Waals surface area contributed by atoms with Gasteiger partial charge in [-0.2, -0.15) is 0 Å². The maximum atomic E-state index is 5.95. The van der Waals surface area contributed by atoms with E-state index in [0.717, 1.165) is 38.8 Å². The van der Waals surface area contributed by atoms with Gasteiger partial charge in [0.1, 0.15) is 0 Å². The van der Waals surface area contributed by atoms with Crippen LogP contribution in [-0.2, 0) is 16.0 Å². The van der Waals surface area contributed by atoms with E-state index in [1.165, 1.54) is 55.8 Å². The van der Waals surface area contributed by atoms with Gasteiger partial charge in [-0.3, -0.25) is 4.90 Å². The molecule has 4 nitrogen and oxygen atoms in total. The van der Waals surface area contributed by atoms with E-state index in [1.807, 2.05) is 11.8 Å². The van der Waals surface area contributed by atoms with Crippen LogP contribution in [0.2, 0.25) is 0 Å². The monoisotopic (exact) mass is 392 g/mol. The fourth-order valence-corrected chi connectivity index (χ4v) is 4.77. The molecule has 0 spiro atoms. The molecule has 2 aliphatic heterocycles. The van der Waals surface area contributed by atoms with Gasteiger partial charge in [-0.1, -0.05) is 12.1 Å². The number of thioether (sulfide) groups is 1. The van der Waals surface area contributed by atoms with Gasteiger partial charge in [-0.25, -0.2) is 0 Å². The standard InChI is InChI=1S/C22H36N2O2S/c1-25-14-12-23-10-8-19(9-11-23)16-24(18-21-6-4-13-26-21)17-20-5-3-7-22(15-20)27-2/h3,5,7,15,19,21H,4,6,8-14,16-18H2,1-2H3/t21-/m0/s1. The van der Waals surface area contributed by atoms with E-state index < -0.39 is 0 Å². The van der Waals surface area contributed by atoms with E-state index in [1.54, 1.807) is 7.11 Å². The Labute approximate surface area is 169 Å². The molecule has 1 atom stereocenters. The zero-order chi connectivity index (χ0) is 18.9. The van der Waals surface area contributed by atoms with Crippen molar-refractivity contribution in [2.75, 3.05) is 59.3 Å². The van der Waals surface area contributed by atoms with E-state index in [0.29, 0.717) is 6.10 Å². The quantitative estimate of drug-likeness (QED) is 0.565. The molecule has 2 saturated heterocycles. The Morgan fingerprint density at radius 3 is 2.78 bits per heavy atom. The summed E-state index contributed by atoms with van der Waals surface area (Å²) in [4.78, 5) is 6.56. The molecule has 2 heterocycles. The van der Waals surface area contributed by atoms with Crippen molar-refractivity contribution in [3.8, 4) is 0 Å². The summed E-state index contributed by atoms with van der Waals surface area (Å²) >= 11 is 1.83. The van der Waals surface area contributed by atoms with Crippen molar-refractivity contribution in [1.29, 1.82) is 0 Å². The smallest absolute Gasteiger partial charge is 0.0702 e. The summed E-state index contributed by atoms with van der Waals surface area (Å²) in [6, 6.07) is 9.02. The van der Waals surface area contributed by atoms with Gasteiger partial charge in [0.05, 0.1) is 12.7 Å². The van der Waals surface area contributed by atoms with Crippen molar-refractivity contribution in [3.05, 3.63) is 29.8 Å². The lowest BCUT2D eigenvalue weighted by Crippen LogP contribution is -2.41. The molecule has 27 heavy (non-hydrogen) atoms. The molecule has 2 fully saturated rings. The molecule has 0 radical (unpaired) electrons. The normalized spacial score (nSPS) is 22.0. The fraction of sp³-hybridized carbons (Fsp3) is 0.727. The predicted molar refractivity (Wildman–Crippen MR) is 114 cm³/mol. The van der Waals surface area contributed by atoms with Gasteiger partial charge in [0.25, 0.3) is 0 Å². The Balaban J connectivity index is 1.55. The SMILES string of the molecule is COCCN1CCC(CN(Cc2cccc(SC)c2)C[C@@H]2CCCO2)CC1. The number of hydrogen-bond acceptors (Lipinski definition) is 5. The van der Waals surface area contributed by atoms with Gasteiger partial charge in [-0.15, -0.1) is 11.8 Å². The average Bonchev–Trinajstić information content (AvgIpc) is 3.20. The highest BCUT2D eigenvalue weighted by molar-refractivity contribution is 7.98. The van der Waals surface area contributed by atoms with Crippen molar-refractivity contribution in [2.24, 2.45) is 5.92 Å². The minimum absolute atomic E-state index is 0.426. The molecule has 152 valence electrons. The van der Waals surface area contributed by atoms with E-state index >= 15 is 0 Å². The van der Waals surface area contributed by atoms with Crippen molar-refractivity contribution < 1.29 is 9.47 Å². The summed E-state index contributed by atoms with van der Waals surface area (Å²) in [5, 5.41) is 0. The van der Waals surface area contributed by atoms with Crippen molar-refractivity contribution in [3.63, 3.8) is 0 Å².